The van der Waals surface area contributed by atoms with E-state index in [9.17, 15) is 0 Å². The Kier molecular flexibility index (Phi) is 4.24. The molecule has 4 fully saturated rings. The highest BCUT2D eigenvalue weighted by molar-refractivity contribution is 5.80. The van der Waals surface area contributed by atoms with Gasteiger partial charge in [-0.3, -0.25) is 4.99 Å². The number of fused-ring (bicyclic) bond motifs is 5. The zero-order valence-corrected chi connectivity index (χ0v) is 13.4. The Balaban J connectivity index is 1.39. The Hall–Kier alpha value is -0.850. The Morgan fingerprint density at radius 1 is 1.18 bits per heavy atom. The third-order valence-corrected chi connectivity index (χ3v) is 5.42. The number of aliphatic imine (C=N–C) groups is 1. The van der Waals surface area contributed by atoms with Gasteiger partial charge in [0.25, 0.3) is 0 Å². The van der Waals surface area contributed by atoms with Gasteiger partial charge in [0.05, 0.1) is 38.6 Å². The fourth-order valence-electron chi connectivity index (χ4n) is 4.39. The molecular formula is C16H27N3O3. The fraction of sp³-hybridized carbons (Fsp3) is 0.938. The summed E-state index contributed by atoms with van der Waals surface area (Å²) in [6.07, 6.45) is 3.60. The number of nitrogens with one attached hydrogen (secondary N) is 1. The first-order valence-electron chi connectivity index (χ1n) is 8.73. The van der Waals surface area contributed by atoms with Crippen LogP contribution in [0.25, 0.3) is 0 Å². The number of nitrogens with zero attached hydrogens (tertiary/aromatic N) is 2. The van der Waals surface area contributed by atoms with E-state index in [1.165, 1.54) is 12.8 Å². The van der Waals surface area contributed by atoms with Gasteiger partial charge in [0, 0.05) is 31.5 Å². The summed E-state index contributed by atoms with van der Waals surface area (Å²) in [6.45, 7) is 7.92. The van der Waals surface area contributed by atoms with Gasteiger partial charge in [0.1, 0.15) is 6.10 Å². The van der Waals surface area contributed by atoms with Gasteiger partial charge in [-0.1, -0.05) is 0 Å². The molecule has 0 aromatic carbocycles. The molecular weight excluding hydrogens is 282 g/mol. The monoisotopic (exact) mass is 309 g/mol. The highest BCUT2D eigenvalue weighted by atomic mass is 16.6. The highest BCUT2D eigenvalue weighted by Gasteiger charge is 2.53. The van der Waals surface area contributed by atoms with Crippen molar-refractivity contribution in [1.29, 1.82) is 0 Å². The van der Waals surface area contributed by atoms with Crippen LogP contribution in [-0.4, -0.2) is 75.2 Å². The van der Waals surface area contributed by atoms with Crippen LogP contribution in [0, 0.1) is 11.8 Å². The van der Waals surface area contributed by atoms with Gasteiger partial charge >= 0.3 is 0 Å². The van der Waals surface area contributed by atoms with Crippen LogP contribution in [0.15, 0.2) is 4.99 Å². The van der Waals surface area contributed by atoms with Crippen molar-refractivity contribution in [3.05, 3.63) is 0 Å². The second-order valence-electron chi connectivity index (χ2n) is 6.79. The molecule has 4 rings (SSSR count). The van der Waals surface area contributed by atoms with Crippen LogP contribution in [0.1, 0.15) is 19.8 Å². The van der Waals surface area contributed by atoms with Crippen molar-refractivity contribution < 1.29 is 14.2 Å². The third-order valence-electron chi connectivity index (χ3n) is 5.42. The van der Waals surface area contributed by atoms with E-state index >= 15 is 0 Å². The standard InChI is InChI=1S/C16H27N3O3/c1-2-17-16(18-7-11-10-20-5-6-21-11)19-8-12-13(9-19)15-4-3-14(12)22-15/h11-15H,2-10H2,1H3,(H,17,18). The van der Waals surface area contributed by atoms with Crippen molar-refractivity contribution in [2.24, 2.45) is 16.8 Å². The van der Waals surface area contributed by atoms with Gasteiger partial charge in [-0.2, -0.15) is 0 Å². The molecule has 2 bridgehead atoms. The second-order valence-corrected chi connectivity index (χ2v) is 6.79. The predicted molar refractivity (Wildman–Crippen MR) is 83.0 cm³/mol. The molecule has 4 saturated heterocycles. The number of hydrogen-bond acceptors (Lipinski definition) is 4. The number of rotatable bonds is 3. The topological polar surface area (TPSA) is 55.3 Å². The first-order chi connectivity index (χ1) is 10.8. The van der Waals surface area contributed by atoms with Gasteiger partial charge in [-0.15, -0.1) is 0 Å². The van der Waals surface area contributed by atoms with E-state index in [1.54, 1.807) is 0 Å². The van der Waals surface area contributed by atoms with Gasteiger partial charge in [-0.05, 0) is 19.8 Å². The first-order valence-corrected chi connectivity index (χ1v) is 8.73. The Morgan fingerprint density at radius 2 is 1.95 bits per heavy atom. The van der Waals surface area contributed by atoms with Crippen molar-refractivity contribution in [3.63, 3.8) is 0 Å². The lowest BCUT2D eigenvalue weighted by atomic mass is 9.82. The van der Waals surface area contributed by atoms with E-state index in [-0.39, 0.29) is 6.10 Å². The maximum atomic E-state index is 6.06. The maximum Gasteiger partial charge on any atom is 0.194 e. The summed E-state index contributed by atoms with van der Waals surface area (Å²) in [5, 5.41) is 3.44. The Labute approximate surface area is 132 Å². The van der Waals surface area contributed by atoms with Crippen molar-refractivity contribution in [3.8, 4) is 0 Å². The van der Waals surface area contributed by atoms with Crippen molar-refractivity contribution in [1.82, 2.24) is 10.2 Å². The fourth-order valence-corrected chi connectivity index (χ4v) is 4.39. The number of guanidine groups is 1. The summed E-state index contributed by atoms with van der Waals surface area (Å²) in [4.78, 5) is 7.23. The maximum absolute atomic E-state index is 6.06. The zero-order valence-electron chi connectivity index (χ0n) is 13.4. The molecule has 0 amide bonds. The third kappa shape index (κ3) is 2.72. The summed E-state index contributed by atoms with van der Waals surface area (Å²) in [5.74, 6) is 2.44. The molecule has 22 heavy (non-hydrogen) atoms. The number of ether oxygens (including phenoxy) is 3. The largest absolute Gasteiger partial charge is 0.376 e. The minimum atomic E-state index is 0.101. The summed E-state index contributed by atoms with van der Waals surface area (Å²) in [5.41, 5.74) is 0. The van der Waals surface area contributed by atoms with E-state index in [0.717, 1.165) is 25.6 Å². The van der Waals surface area contributed by atoms with E-state index < -0.39 is 0 Å². The zero-order chi connectivity index (χ0) is 14.9. The van der Waals surface area contributed by atoms with Crippen molar-refractivity contribution in [2.45, 2.75) is 38.1 Å². The smallest absolute Gasteiger partial charge is 0.194 e. The Morgan fingerprint density at radius 3 is 2.59 bits per heavy atom. The Bertz CT molecular complexity index is 407. The van der Waals surface area contributed by atoms with Crippen LogP contribution in [0.5, 0.6) is 0 Å². The quantitative estimate of drug-likeness (QED) is 0.607. The van der Waals surface area contributed by atoms with E-state index in [4.69, 9.17) is 19.2 Å². The van der Waals surface area contributed by atoms with Crippen molar-refractivity contribution in [2.75, 3.05) is 46.0 Å². The predicted octanol–water partition coefficient (Wildman–Crippen LogP) is 0.477. The number of likely N-dealkylation sites (tertiary alicyclic amines) is 1. The normalized spacial score (nSPS) is 41.0. The minimum Gasteiger partial charge on any atom is -0.376 e. The van der Waals surface area contributed by atoms with Gasteiger partial charge in [0.2, 0.25) is 0 Å². The average Bonchev–Trinajstić information content (AvgIpc) is 3.24. The second kappa shape index (κ2) is 6.34. The van der Waals surface area contributed by atoms with Crippen LogP contribution < -0.4 is 5.32 Å². The van der Waals surface area contributed by atoms with Crippen LogP contribution >= 0.6 is 0 Å². The molecule has 6 nitrogen and oxygen atoms in total. The van der Waals surface area contributed by atoms with Gasteiger partial charge in [0.15, 0.2) is 5.96 Å². The molecule has 6 heteroatoms. The summed E-state index contributed by atoms with van der Waals surface area (Å²) in [7, 11) is 0. The van der Waals surface area contributed by atoms with Crippen LogP contribution in [0.2, 0.25) is 0 Å². The number of hydrogen-bond donors (Lipinski definition) is 1. The summed E-state index contributed by atoms with van der Waals surface area (Å²) < 4.78 is 17.2. The minimum absolute atomic E-state index is 0.101. The molecule has 5 atom stereocenters. The van der Waals surface area contributed by atoms with Crippen LogP contribution in [-0.2, 0) is 14.2 Å². The molecule has 0 radical (unpaired) electrons. The van der Waals surface area contributed by atoms with E-state index in [1.807, 2.05) is 0 Å². The molecule has 0 aliphatic carbocycles. The lowest BCUT2D eigenvalue weighted by Crippen LogP contribution is -2.42. The summed E-state index contributed by atoms with van der Waals surface area (Å²) in [6, 6.07) is 0. The molecule has 0 saturated carbocycles. The van der Waals surface area contributed by atoms with Crippen LogP contribution in [0.3, 0.4) is 0 Å². The highest BCUT2D eigenvalue weighted by Crippen LogP contribution is 2.47. The van der Waals surface area contributed by atoms with E-state index in [2.05, 4.69) is 17.1 Å². The molecule has 0 aromatic rings. The first kappa shape index (κ1) is 14.7. The molecule has 0 spiro atoms. The molecule has 124 valence electrons. The van der Waals surface area contributed by atoms with E-state index in [0.29, 0.717) is 50.4 Å². The SMILES string of the molecule is CCNC(=NCC1COCCO1)N1CC2C3CCC(O3)C2C1. The summed E-state index contributed by atoms with van der Waals surface area (Å²) >= 11 is 0. The van der Waals surface area contributed by atoms with Gasteiger partial charge < -0.3 is 24.4 Å². The average molecular weight is 309 g/mol. The molecule has 5 unspecified atom stereocenters. The molecule has 4 aliphatic heterocycles. The lowest BCUT2D eigenvalue weighted by Gasteiger charge is -2.25. The molecule has 0 aromatic heterocycles. The van der Waals surface area contributed by atoms with Crippen LogP contribution in [0.4, 0.5) is 0 Å². The molecule has 4 heterocycles. The molecule has 1 N–H and O–H groups in total. The molecule has 4 aliphatic rings. The lowest BCUT2D eigenvalue weighted by molar-refractivity contribution is -0.0833. The van der Waals surface area contributed by atoms with Crippen molar-refractivity contribution >= 4 is 5.96 Å². The van der Waals surface area contributed by atoms with Gasteiger partial charge in [-0.25, -0.2) is 0 Å².